The highest BCUT2D eigenvalue weighted by Crippen LogP contribution is 2.35. The average molecular weight is 503 g/mol. The van der Waals surface area contributed by atoms with E-state index in [4.69, 9.17) is 30.5 Å². The summed E-state index contributed by atoms with van der Waals surface area (Å²) in [5.74, 6) is -1.00. The van der Waals surface area contributed by atoms with Gasteiger partial charge >= 0.3 is 5.97 Å². The first-order valence-corrected chi connectivity index (χ1v) is 12.2. The van der Waals surface area contributed by atoms with Crippen molar-refractivity contribution in [2.75, 3.05) is 44.8 Å². The summed E-state index contributed by atoms with van der Waals surface area (Å²) in [7, 11) is 0. The lowest BCUT2D eigenvalue weighted by molar-refractivity contribution is -0.144. The summed E-state index contributed by atoms with van der Waals surface area (Å²) in [5, 5.41) is 19.7. The van der Waals surface area contributed by atoms with Gasteiger partial charge < -0.3 is 35.3 Å². The summed E-state index contributed by atoms with van der Waals surface area (Å²) < 4.78 is 32.8. The maximum atomic E-state index is 15.9. The molecule has 1 aliphatic heterocycles. The third kappa shape index (κ3) is 7.08. The van der Waals surface area contributed by atoms with Crippen LogP contribution in [0.3, 0.4) is 0 Å². The van der Waals surface area contributed by atoms with E-state index in [1.54, 1.807) is 31.2 Å². The molecule has 3 rings (SSSR count). The topological polar surface area (TPSA) is 130 Å². The van der Waals surface area contributed by atoms with E-state index in [0.717, 1.165) is 13.1 Å². The molecule has 10 heteroatoms. The Morgan fingerprint density at radius 2 is 1.92 bits per heavy atom. The van der Waals surface area contributed by atoms with Gasteiger partial charge in [-0.25, -0.2) is 9.18 Å². The minimum atomic E-state index is -1.16. The highest BCUT2D eigenvalue weighted by molar-refractivity contribution is 5.95. The maximum Gasteiger partial charge on any atom is 0.333 e. The van der Waals surface area contributed by atoms with Gasteiger partial charge in [0.15, 0.2) is 17.6 Å². The van der Waals surface area contributed by atoms with E-state index in [-0.39, 0.29) is 36.5 Å². The Kier molecular flexibility index (Phi) is 9.89. The van der Waals surface area contributed by atoms with Crippen LogP contribution >= 0.6 is 0 Å². The number of β-amino-alcohol motifs (C(OH)–C–C–N with tert-alkyl or cyclic N) is 1. The normalized spacial score (nSPS) is 15.2. The average Bonchev–Trinajstić information content (AvgIpc) is 2.86. The second-order valence-corrected chi connectivity index (χ2v) is 8.46. The van der Waals surface area contributed by atoms with Gasteiger partial charge in [0.05, 0.1) is 19.8 Å². The number of carbonyl (C=O) groups excluding carboxylic acids is 1. The number of esters is 1. The second kappa shape index (κ2) is 13.1. The number of nitrogen functional groups attached to an aromatic ring is 1. The molecule has 1 atom stereocenters. The van der Waals surface area contributed by atoms with Gasteiger partial charge in [0.25, 0.3) is 0 Å². The van der Waals surface area contributed by atoms with Crippen LogP contribution in [0.15, 0.2) is 36.4 Å². The fourth-order valence-corrected chi connectivity index (χ4v) is 4.11. The van der Waals surface area contributed by atoms with Gasteiger partial charge in [-0.05, 0) is 57.0 Å². The number of likely N-dealkylation sites (tertiary alicyclic amines) is 1. The molecule has 0 bridgehead atoms. The molecule has 36 heavy (non-hydrogen) atoms. The van der Waals surface area contributed by atoms with Crippen molar-refractivity contribution in [3.05, 3.63) is 53.3 Å². The highest BCUT2D eigenvalue weighted by Gasteiger charge is 2.30. The number of nitrogens with two attached hydrogens (primary N) is 1. The number of ether oxygens (including phenoxy) is 3. The molecule has 0 amide bonds. The van der Waals surface area contributed by atoms with Crippen LogP contribution in [0.2, 0.25) is 0 Å². The minimum Gasteiger partial charge on any atom is -0.494 e. The first-order valence-electron chi connectivity index (χ1n) is 12.2. The van der Waals surface area contributed by atoms with E-state index in [9.17, 15) is 4.79 Å². The smallest absolute Gasteiger partial charge is 0.333 e. The summed E-state index contributed by atoms with van der Waals surface area (Å²) in [5.41, 5.74) is 6.62. The maximum absolute atomic E-state index is 15.9. The number of anilines is 1. The Hall–Kier alpha value is -3.37. The predicted molar refractivity (Wildman–Crippen MR) is 135 cm³/mol. The molecule has 0 spiro atoms. The van der Waals surface area contributed by atoms with E-state index in [2.05, 4.69) is 10.2 Å². The number of hydrogen-bond donors (Lipinski definition) is 4. The van der Waals surface area contributed by atoms with Crippen molar-refractivity contribution < 1.29 is 28.5 Å². The van der Waals surface area contributed by atoms with Crippen LogP contribution in [0.25, 0.3) is 0 Å². The van der Waals surface area contributed by atoms with Crippen molar-refractivity contribution in [2.24, 2.45) is 5.73 Å². The third-order valence-electron chi connectivity index (χ3n) is 5.94. The van der Waals surface area contributed by atoms with Crippen molar-refractivity contribution in [2.45, 2.75) is 38.8 Å². The molecule has 2 aromatic carbocycles. The standard InChI is InChI=1S/C26H35FN4O5/c1-3-34-20-15-21(23(27)22(16-20)36-19-9-11-31(12-10-19)13-14-32)24(26(33)35-4-2)30-18-7-5-17(6-8-18)25(28)29/h5-8,15-16,19,24,30,32H,3-4,9-14H2,1-2H3,(H3,28,29). The summed E-state index contributed by atoms with van der Waals surface area (Å²) >= 11 is 0. The fraction of sp³-hybridized carbons (Fsp3) is 0.462. The number of aliphatic hydroxyl groups is 1. The van der Waals surface area contributed by atoms with Gasteiger partial charge in [-0.15, -0.1) is 0 Å². The van der Waals surface area contributed by atoms with Crippen LogP contribution < -0.4 is 20.5 Å². The van der Waals surface area contributed by atoms with Crippen molar-refractivity contribution in [1.82, 2.24) is 4.90 Å². The second-order valence-electron chi connectivity index (χ2n) is 8.46. The summed E-state index contributed by atoms with van der Waals surface area (Å²) in [6.07, 6.45) is 1.18. The molecule has 0 aliphatic carbocycles. The molecular formula is C26H35FN4O5. The zero-order valence-corrected chi connectivity index (χ0v) is 20.8. The van der Waals surface area contributed by atoms with Gasteiger partial charge in [-0.2, -0.15) is 0 Å². The molecule has 2 aromatic rings. The van der Waals surface area contributed by atoms with E-state index in [1.807, 2.05) is 6.92 Å². The molecule has 9 nitrogen and oxygen atoms in total. The number of hydrogen-bond acceptors (Lipinski definition) is 8. The monoisotopic (exact) mass is 502 g/mol. The van der Waals surface area contributed by atoms with E-state index in [1.165, 1.54) is 12.1 Å². The fourth-order valence-electron chi connectivity index (χ4n) is 4.11. The molecule has 5 N–H and O–H groups in total. The van der Waals surface area contributed by atoms with Gasteiger partial charge in [0, 0.05) is 42.5 Å². The Morgan fingerprint density at radius 1 is 1.22 bits per heavy atom. The lowest BCUT2D eigenvalue weighted by Crippen LogP contribution is -2.39. The largest absolute Gasteiger partial charge is 0.494 e. The molecule has 0 saturated carbocycles. The van der Waals surface area contributed by atoms with Crippen LogP contribution in [0.4, 0.5) is 10.1 Å². The van der Waals surface area contributed by atoms with E-state index >= 15 is 4.39 Å². The summed E-state index contributed by atoms with van der Waals surface area (Å²) in [6.45, 7) is 6.17. The molecule has 0 aromatic heterocycles. The number of rotatable bonds is 12. The zero-order valence-electron chi connectivity index (χ0n) is 20.8. The van der Waals surface area contributed by atoms with Crippen molar-refractivity contribution in [3.63, 3.8) is 0 Å². The summed E-state index contributed by atoms with van der Waals surface area (Å²) in [4.78, 5) is 15.1. The Balaban J connectivity index is 1.91. The number of nitrogens with one attached hydrogen (secondary N) is 2. The number of amidine groups is 1. The van der Waals surface area contributed by atoms with Crippen molar-refractivity contribution >= 4 is 17.5 Å². The van der Waals surface area contributed by atoms with E-state index in [0.29, 0.717) is 43.0 Å². The molecule has 1 fully saturated rings. The molecule has 1 aliphatic rings. The van der Waals surface area contributed by atoms with Gasteiger partial charge in [0.2, 0.25) is 0 Å². The number of nitrogens with zero attached hydrogens (tertiary/aromatic N) is 1. The number of piperidine rings is 1. The predicted octanol–water partition coefficient (Wildman–Crippen LogP) is 3.06. The van der Waals surface area contributed by atoms with Crippen LogP contribution in [0.1, 0.15) is 43.9 Å². The Bertz CT molecular complexity index is 1030. The molecule has 1 saturated heterocycles. The summed E-state index contributed by atoms with van der Waals surface area (Å²) in [6, 6.07) is 8.41. The number of benzene rings is 2. The van der Waals surface area contributed by atoms with Crippen molar-refractivity contribution in [1.29, 1.82) is 5.41 Å². The van der Waals surface area contributed by atoms with Gasteiger partial charge in [-0.1, -0.05) is 0 Å². The minimum absolute atomic E-state index is 0.0135. The highest BCUT2D eigenvalue weighted by atomic mass is 19.1. The van der Waals surface area contributed by atoms with Crippen LogP contribution in [0, 0.1) is 11.2 Å². The lowest BCUT2D eigenvalue weighted by Gasteiger charge is -2.32. The van der Waals surface area contributed by atoms with Gasteiger partial charge in [0.1, 0.15) is 17.7 Å². The third-order valence-corrected chi connectivity index (χ3v) is 5.94. The Labute approximate surface area is 210 Å². The zero-order chi connectivity index (χ0) is 26.1. The van der Waals surface area contributed by atoms with E-state index < -0.39 is 17.8 Å². The molecule has 1 unspecified atom stereocenters. The molecule has 0 radical (unpaired) electrons. The number of carbonyl (C=O) groups is 1. The van der Waals surface area contributed by atoms with Crippen LogP contribution in [0.5, 0.6) is 11.5 Å². The SMILES string of the molecule is CCOC(=O)C(Nc1ccc(C(=N)N)cc1)c1cc(OCC)cc(OC2CCN(CCO)CC2)c1F. The number of halogens is 1. The first-order chi connectivity index (χ1) is 17.4. The van der Waals surface area contributed by atoms with Crippen LogP contribution in [-0.4, -0.2) is 67.4 Å². The Morgan fingerprint density at radius 3 is 2.50 bits per heavy atom. The number of aliphatic hydroxyl groups excluding tert-OH is 1. The molecule has 196 valence electrons. The first kappa shape index (κ1) is 27.2. The van der Waals surface area contributed by atoms with Crippen LogP contribution in [-0.2, 0) is 9.53 Å². The molecular weight excluding hydrogens is 467 g/mol. The molecule has 1 heterocycles. The quantitative estimate of drug-likeness (QED) is 0.198. The van der Waals surface area contributed by atoms with Crippen molar-refractivity contribution in [3.8, 4) is 11.5 Å². The lowest BCUT2D eigenvalue weighted by atomic mass is 10.0. The van der Waals surface area contributed by atoms with Gasteiger partial charge in [-0.3, -0.25) is 5.41 Å².